The molecule has 0 heterocycles. The monoisotopic (exact) mass is 324 g/mol. The Bertz CT molecular complexity index is 541. The normalized spacial score (nSPS) is 10.9. The third-order valence-corrected chi connectivity index (χ3v) is 3.17. The first kappa shape index (κ1) is 18.2. The van der Waals surface area contributed by atoms with Crippen LogP contribution in [0.4, 0.5) is 16.2 Å². The molecule has 0 bridgehead atoms. The van der Waals surface area contributed by atoms with E-state index in [2.05, 4.69) is 10.6 Å². The number of alkyl carbamates (subject to hydrolysis) is 1. The highest BCUT2D eigenvalue weighted by Gasteiger charge is 2.15. The number of anilines is 2. The zero-order valence-electron chi connectivity index (χ0n) is 13.4. The Balaban J connectivity index is 2.65. The van der Waals surface area contributed by atoms with E-state index < -0.39 is 11.7 Å². The Kier molecular flexibility index (Phi) is 6.55. The van der Waals surface area contributed by atoms with E-state index in [1.807, 2.05) is 39.8 Å². The van der Waals surface area contributed by atoms with E-state index in [1.54, 1.807) is 6.07 Å². The van der Waals surface area contributed by atoms with Crippen LogP contribution in [0.5, 0.6) is 0 Å². The Hall–Kier alpha value is -1.89. The molecule has 0 aliphatic heterocycles. The maximum atomic E-state index is 11.6. The second-order valence-electron chi connectivity index (χ2n) is 5.66. The van der Waals surface area contributed by atoms with Gasteiger partial charge < -0.3 is 21.1 Å². The number of rotatable bonds is 4. The Morgan fingerprint density at radius 2 is 2.09 bits per heavy atom. The number of amides is 1. The number of nitrogens with one attached hydrogen (secondary N) is 3. The molecule has 0 aliphatic carbocycles. The van der Waals surface area contributed by atoms with Crippen molar-refractivity contribution in [3.8, 4) is 0 Å². The molecule has 7 heteroatoms. The summed E-state index contributed by atoms with van der Waals surface area (Å²) in [6.07, 6.45) is -0.465. The first-order chi connectivity index (χ1) is 10.2. The summed E-state index contributed by atoms with van der Waals surface area (Å²) in [4.78, 5) is 11.6. The Morgan fingerprint density at radius 3 is 2.68 bits per heavy atom. The molecule has 122 valence electrons. The number of thioether (sulfide) groups is 1. The predicted octanol–water partition coefficient (Wildman–Crippen LogP) is 3.39. The van der Waals surface area contributed by atoms with Gasteiger partial charge in [-0.25, -0.2) is 4.79 Å². The number of amidine groups is 1. The van der Waals surface area contributed by atoms with Crippen LogP contribution in [0.1, 0.15) is 33.3 Å². The molecule has 6 nitrogen and oxygen atoms in total. The molecule has 0 saturated carbocycles. The zero-order valence-corrected chi connectivity index (χ0v) is 14.3. The lowest BCUT2D eigenvalue weighted by Gasteiger charge is -2.19. The average Bonchev–Trinajstić information content (AvgIpc) is 2.38. The van der Waals surface area contributed by atoms with Crippen molar-refractivity contribution in [2.45, 2.75) is 39.8 Å². The quantitative estimate of drug-likeness (QED) is 0.386. The maximum Gasteiger partial charge on any atom is 0.407 e. The number of ether oxygens (including phenoxy) is 1. The van der Waals surface area contributed by atoms with E-state index in [1.165, 1.54) is 11.8 Å². The molecular formula is C15H24N4O2S. The largest absolute Gasteiger partial charge is 0.444 e. The van der Waals surface area contributed by atoms with E-state index in [4.69, 9.17) is 15.9 Å². The van der Waals surface area contributed by atoms with Crippen LogP contribution in [0, 0.1) is 5.41 Å². The lowest BCUT2D eigenvalue weighted by molar-refractivity contribution is 0.0523. The van der Waals surface area contributed by atoms with Crippen LogP contribution in [-0.4, -0.2) is 22.6 Å². The van der Waals surface area contributed by atoms with Crippen molar-refractivity contribution < 1.29 is 9.53 Å². The summed E-state index contributed by atoms with van der Waals surface area (Å²) in [5, 5.41) is 13.8. The summed E-state index contributed by atoms with van der Waals surface area (Å²) in [5.41, 5.74) is 7.46. The topological polar surface area (TPSA) is 100 Å². The number of hydrogen-bond acceptors (Lipinski definition) is 5. The summed E-state index contributed by atoms with van der Waals surface area (Å²) >= 11 is 1.39. The SMILES string of the molecule is CCSC(=N)Nc1cc(CNC(=O)OC(C)(C)C)ccc1N. The lowest BCUT2D eigenvalue weighted by atomic mass is 10.1. The fourth-order valence-corrected chi connectivity index (χ4v) is 2.08. The van der Waals surface area contributed by atoms with Crippen LogP contribution in [0.15, 0.2) is 18.2 Å². The van der Waals surface area contributed by atoms with E-state index >= 15 is 0 Å². The molecule has 0 aromatic heterocycles. The predicted molar refractivity (Wildman–Crippen MR) is 93.4 cm³/mol. The molecule has 1 aromatic rings. The van der Waals surface area contributed by atoms with Gasteiger partial charge in [-0.15, -0.1) is 0 Å². The van der Waals surface area contributed by atoms with Gasteiger partial charge in [-0.2, -0.15) is 0 Å². The molecule has 5 N–H and O–H groups in total. The minimum atomic E-state index is -0.523. The standard InChI is InChI=1S/C15H24N4O2S/c1-5-22-13(17)19-12-8-10(6-7-11(12)16)9-18-14(20)21-15(2,3)4/h6-8H,5,9,16H2,1-4H3,(H2,17,19)(H,18,20). The van der Waals surface area contributed by atoms with Crippen molar-refractivity contribution in [3.63, 3.8) is 0 Å². The van der Waals surface area contributed by atoms with Crippen LogP contribution >= 0.6 is 11.8 Å². The number of benzene rings is 1. The van der Waals surface area contributed by atoms with Gasteiger partial charge in [-0.3, -0.25) is 5.41 Å². The van der Waals surface area contributed by atoms with Crippen LogP contribution in [0.2, 0.25) is 0 Å². The van der Waals surface area contributed by atoms with Crippen molar-refractivity contribution in [3.05, 3.63) is 23.8 Å². The van der Waals surface area contributed by atoms with Crippen molar-refractivity contribution in [2.24, 2.45) is 0 Å². The molecule has 0 unspecified atom stereocenters. The molecule has 0 atom stereocenters. The average molecular weight is 324 g/mol. The molecule has 0 radical (unpaired) electrons. The van der Waals surface area contributed by atoms with E-state index in [0.717, 1.165) is 11.3 Å². The number of carbonyl (C=O) groups is 1. The van der Waals surface area contributed by atoms with Gasteiger partial charge in [0.05, 0.1) is 11.4 Å². The first-order valence-corrected chi connectivity index (χ1v) is 8.03. The van der Waals surface area contributed by atoms with E-state index in [-0.39, 0.29) is 0 Å². The molecule has 1 rings (SSSR count). The first-order valence-electron chi connectivity index (χ1n) is 7.05. The van der Waals surface area contributed by atoms with Gasteiger partial charge in [-0.1, -0.05) is 24.8 Å². The summed E-state index contributed by atoms with van der Waals surface area (Å²) in [7, 11) is 0. The molecule has 0 aliphatic rings. The minimum Gasteiger partial charge on any atom is -0.444 e. The lowest BCUT2D eigenvalue weighted by Crippen LogP contribution is -2.32. The van der Waals surface area contributed by atoms with Gasteiger partial charge in [0.25, 0.3) is 0 Å². The van der Waals surface area contributed by atoms with Crippen LogP contribution < -0.4 is 16.4 Å². The van der Waals surface area contributed by atoms with Crippen LogP contribution in [0.3, 0.4) is 0 Å². The van der Waals surface area contributed by atoms with Crippen molar-refractivity contribution in [1.82, 2.24) is 5.32 Å². The highest BCUT2D eigenvalue weighted by Crippen LogP contribution is 2.21. The minimum absolute atomic E-state index is 0.331. The number of hydrogen-bond donors (Lipinski definition) is 4. The van der Waals surface area contributed by atoms with Gasteiger partial charge >= 0.3 is 6.09 Å². The maximum absolute atomic E-state index is 11.6. The molecule has 1 amide bonds. The highest BCUT2D eigenvalue weighted by molar-refractivity contribution is 8.14. The molecule has 0 fully saturated rings. The number of nitrogens with two attached hydrogens (primary N) is 1. The fourth-order valence-electron chi connectivity index (χ4n) is 1.61. The second-order valence-corrected chi connectivity index (χ2v) is 6.94. The summed E-state index contributed by atoms with van der Waals surface area (Å²) in [6, 6.07) is 5.39. The third kappa shape index (κ3) is 6.71. The van der Waals surface area contributed by atoms with E-state index in [0.29, 0.717) is 23.1 Å². The van der Waals surface area contributed by atoms with E-state index in [9.17, 15) is 4.79 Å². The van der Waals surface area contributed by atoms with Gasteiger partial charge in [0.1, 0.15) is 5.60 Å². The molecule has 22 heavy (non-hydrogen) atoms. The van der Waals surface area contributed by atoms with Crippen LogP contribution in [0.25, 0.3) is 0 Å². The fraction of sp³-hybridized carbons (Fsp3) is 0.467. The Labute approximate surface area is 135 Å². The molecular weight excluding hydrogens is 300 g/mol. The Morgan fingerprint density at radius 1 is 1.41 bits per heavy atom. The van der Waals surface area contributed by atoms with Crippen molar-refractivity contribution in [2.75, 3.05) is 16.8 Å². The number of carbonyl (C=O) groups excluding carboxylic acids is 1. The molecule has 0 spiro atoms. The molecule has 1 aromatic carbocycles. The summed E-state index contributed by atoms with van der Waals surface area (Å²) < 4.78 is 5.18. The highest BCUT2D eigenvalue weighted by atomic mass is 32.2. The van der Waals surface area contributed by atoms with Crippen LogP contribution in [-0.2, 0) is 11.3 Å². The van der Waals surface area contributed by atoms with Gasteiger partial charge in [-0.05, 0) is 44.2 Å². The number of nitrogen functional groups attached to an aromatic ring is 1. The van der Waals surface area contributed by atoms with Gasteiger partial charge in [0, 0.05) is 6.54 Å². The zero-order chi connectivity index (χ0) is 16.8. The molecule has 0 saturated heterocycles. The second kappa shape index (κ2) is 7.93. The third-order valence-electron chi connectivity index (χ3n) is 2.49. The summed E-state index contributed by atoms with van der Waals surface area (Å²) in [5.74, 6) is 0.811. The smallest absolute Gasteiger partial charge is 0.407 e. The van der Waals surface area contributed by atoms with Gasteiger partial charge in [0.2, 0.25) is 0 Å². The van der Waals surface area contributed by atoms with Crippen molar-refractivity contribution >= 4 is 34.4 Å². The van der Waals surface area contributed by atoms with Gasteiger partial charge in [0.15, 0.2) is 5.17 Å². The van der Waals surface area contributed by atoms with Crippen molar-refractivity contribution in [1.29, 1.82) is 5.41 Å². The summed E-state index contributed by atoms with van der Waals surface area (Å²) in [6.45, 7) is 7.75.